The van der Waals surface area contributed by atoms with Gasteiger partial charge in [0.15, 0.2) is 0 Å². The number of anilines is 1. The maximum absolute atomic E-state index is 12.1. The molecular formula is C20H20N2O4. The molecule has 0 aliphatic heterocycles. The molecule has 0 radical (unpaired) electrons. The average molecular weight is 352 g/mol. The van der Waals surface area contributed by atoms with Crippen LogP contribution in [0.3, 0.4) is 0 Å². The lowest BCUT2D eigenvalue weighted by atomic mass is 10.0. The Morgan fingerprint density at radius 2 is 1.92 bits per heavy atom. The van der Waals surface area contributed by atoms with E-state index in [0.29, 0.717) is 11.3 Å². The normalized spacial score (nSPS) is 12.0. The van der Waals surface area contributed by atoms with Gasteiger partial charge in [-0.15, -0.1) is 0 Å². The number of esters is 1. The zero-order chi connectivity index (χ0) is 18.5. The van der Waals surface area contributed by atoms with Crippen molar-refractivity contribution in [3.63, 3.8) is 0 Å². The Hall–Kier alpha value is -2.96. The molecule has 1 atom stereocenters. The van der Waals surface area contributed by atoms with Crippen LogP contribution >= 0.6 is 0 Å². The summed E-state index contributed by atoms with van der Waals surface area (Å²) in [5.74, 6) is -0.402. The van der Waals surface area contributed by atoms with Gasteiger partial charge in [-0.1, -0.05) is 30.3 Å². The van der Waals surface area contributed by atoms with Crippen LogP contribution in [0.2, 0.25) is 0 Å². The van der Waals surface area contributed by atoms with Crippen molar-refractivity contribution in [3.8, 4) is 11.3 Å². The Morgan fingerprint density at radius 1 is 1.19 bits per heavy atom. The van der Waals surface area contributed by atoms with E-state index in [-0.39, 0.29) is 13.2 Å². The maximum Gasteiger partial charge on any atom is 0.338 e. The molecule has 6 heteroatoms. The number of para-hydroxylation sites is 1. The molecule has 3 N–H and O–H groups in total. The number of carbonyl (C=O) groups excluding carboxylic acids is 1. The molecule has 0 amide bonds. The summed E-state index contributed by atoms with van der Waals surface area (Å²) in [7, 11) is 1.36. The fourth-order valence-corrected chi connectivity index (χ4v) is 2.66. The summed E-state index contributed by atoms with van der Waals surface area (Å²) in [5, 5.41) is 22.0. The van der Waals surface area contributed by atoms with Crippen LogP contribution in [-0.2, 0) is 4.74 Å². The average Bonchev–Trinajstić information content (AvgIpc) is 2.70. The zero-order valence-corrected chi connectivity index (χ0v) is 14.3. The molecule has 1 unspecified atom stereocenters. The third-order valence-electron chi connectivity index (χ3n) is 4.05. The van der Waals surface area contributed by atoms with Gasteiger partial charge in [0.2, 0.25) is 0 Å². The standard InChI is InChI=1S/C20H20N2O4/c1-26-20(25)17-10-19(22-18-5-3-2-4-16(17)18)13-6-8-14(9-7-13)21-11-15(24)12-23/h2-10,15,21,23-24H,11-12H2,1H3. The smallest absolute Gasteiger partial charge is 0.338 e. The molecule has 0 bridgehead atoms. The number of ether oxygens (including phenoxy) is 1. The number of rotatable bonds is 6. The van der Waals surface area contributed by atoms with Crippen molar-refractivity contribution >= 4 is 22.6 Å². The fourth-order valence-electron chi connectivity index (χ4n) is 2.66. The van der Waals surface area contributed by atoms with Gasteiger partial charge in [0.05, 0.1) is 36.6 Å². The van der Waals surface area contributed by atoms with Crippen molar-refractivity contribution in [2.24, 2.45) is 0 Å². The van der Waals surface area contributed by atoms with Crippen molar-refractivity contribution in [2.75, 3.05) is 25.6 Å². The summed E-state index contributed by atoms with van der Waals surface area (Å²) in [6, 6.07) is 16.6. The molecule has 3 aromatic rings. The molecule has 26 heavy (non-hydrogen) atoms. The number of fused-ring (bicyclic) bond motifs is 1. The second kappa shape index (κ2) is 7.95. The summed E-state index contributed by atoms with van der Waals surface area (Å²) >= 11 is 0. The van der Waals surface area contributed by atoms with Crippen LogP contribution < -0.4 is 5.32 Å². The summed E-state index contributed by atoms with van der Waals surface area (Å²) in [6.45, 7) is -0.0288. The molecule has 0 aliphatic rings. The Kier molecular flexibility index (Phi) is 5.46. The van der Waals surface area contributed by atoms with Crippen LogP contribution in [0.5, 0.6) is 0 Å². The third kappa shape index (κ3) is 3.82. The van der Waals surface area contributed by atoms with E-state index in [2.05, 4.69) is 10.3 Å². The van der Waals surface area contributed by atoms with E-state index in [9.17, 15) is 9.90 Å². The molecule has 0 saturated heterocycles. The lowest BCUT2D eigenvalue weighted by Gasteiger charge is -2.11. The number of aliphatic hydroxyl groups is 2. The van der Waals surface area contributed by atoms with Gasteiger partial charge in [-0.05, 0) is 24.3 Å². The minimum absolute atomic E-state index is 0.260. The molecule has 1 heterocycles. The van der Waals surface area contributed by atoms with Crippen LogP contribution in [0.15, 0.2) is 54.6 Å². The summed E-state index contributed by atoms with van der Waals surface area (Å²) in [4.78, 5) is 16.8. The molecular weight excluding hydrogens is 332 g/mol. The van der Waals surface area contributed by atoms with E-state index in [1.807, 2.05) is 48.5 Å². The zero-order valence-electron chi connectivity index (χ0n) is 14.3. The number of benzene rings is 2. The first kappa shape index (κ1) is 17.8. The molecule has 0 aliphatic carbocycles. The number of aromatic nitrogens is 1. The highest BCUT2D eigenvalue weighted by molar-refractivity contribution is 6.04. The van der Waals surface area contributed by atoms with Crippen molar-refractivity contribution in [3.05, 3.63) is 60.2 Å². The van der Waals surface area contributed by atoms with E-state index in [0.717, 1.165) is 22.2 Å². The summed E-state index contributed by atoms with van der Waals surface area (Å²) < 4.78 is 4.90. The predicted molar refractivity (Wildman–Crippen MR) is 100 cm³/mol. The van der Waals surface area contributed by atoms with Gasteiger partial charge in [0, 0.05) is 23.2 Å². The van der Waals surface area contributed by atoms with Gasteiger partial charge >= 0.3 is 5.97 Å². The Morgan fingerprint density at radius 3 is 2.62 bits per heavy atom. The Labute approximate surface area is 151 Å². The van der Waals surface area contributed by atoms with Gasteiger partial charge in [-0.3, -0.25) is 0 Å². The van der Waals surface area contributed by atoms with Crippen molar-refractivity contribution in [1.29, 1.82) is 0 Å². The van der Waals surface area contributed by atoms with Crippen molar-refractivity contribution < 1.29 is 19.7 Å². The van der Waals surface area contributed by atoms with Crippen LogP contribution in [0.1, 0.15) is 10.4 Å². The first-order valence-electron chi connectivity index (χ1n) is 8.23. The van der Waals surface area contributed by atoms with Crippen LogP contribution in [-0.4, -0.2) is 47.5 Å². The number of carbonyl (C=O) groups is 1. The number of aliphatic hydroxyl groups excluding tert-OH is 2. The van der Waals surface area contributed by atoms with E-state index in [1.165, 1.54) is 7.11 Å². The number of methoxy groups -OCH3 is 1. The van der Waals surface area contributed by atoms with Gasteiger partial charge in [0.25, 0.3) is 0 Å². The van der Waals surface area contributed by atoms with Crippen LogP contribution in [0.25, 0.3) is 22.2 Å². The third-order valence-corrected chi connectivity index (χ3v) is 4.05. The van der Waals surface area contributed by atoms with Crippen molar-refractivity contribution in [2.45, 2.75) is 6.10 Å². The Balaban J connectivity index is 1.93. The lowest BCUT2D eigenvalue weighted by molar-refractivity contribution is 0.0603. The minimum Gasteiger partial charge on any atom is -0.465 e. The molecule has 0 fully saturated rings. The van der Waals surface area contributed by atoms with E-state index in [4.69, 9.17) is 9.84 Å². The van der Waals surface area contributed by atoms with Gasteiger partial charge < -0.3 is 20.3 Å². The van der Waals surface area contributed by atoms with Gasteiger partial charge in [-0.2, -0.15) is 0 Å². The molecule has 2 aromatic carbocycles. The summed E-state index contributed by atoms with van der Waals surface area (Å²) in [6.07, 6.45) is -0.806. The number of pyridine rings is 1. The highest BCUT2D eigenvalue weighted by atomic mass is 16.5. The van der Waals surface area contributed by atoms with E-state index >= 15 is 0 Å². The molecule has 0 saturated carbocycles. The molecule has 134 valence electrons. The fraction of sp³-hybridized carbons (Fsp3) is 0.200. The second-order valence-electron chi connectivity index (χ2n) is 5.86. The monoisotopic (exact) mass is 352 g/mol. The summed E-state index contributed by atoms with van der Waals surface area (Å²) in [5.41, 5.74) is 3.54. The lowest BCUT2D eigenvalue weighted by Crippen LogP contribution is -2.22. The molecule has 3 rings (SSSR count). The maximum atomic E-state index is 12.1. The first-order chi connectivity index (χ1) is 12.6. The Bertz CT molecular complexity index is 909. The van der Waals surface area contributed by atoms with Crippen LogP contribution in [0, 0.1) is 0 Å². The molecule has 1 aromatic heterocycles. The van der Waals surface area contributed by atoms with E-state index < -0.39 is 12.1 Å². The van der Waals surface area contributed by atoms with Gasteiger partial charge in [-0.25, -0.2) is 9.78 Å². The molecule has 0 spiro atoms. The quantitative estimate of drug-likeness (QED) is 0.590. The minimum atomic E-state index is -0.806. The predicted octanol–water partition coefficient (Wildman–Crippen LogP) is 2.45. The van der Waals surface area contributed by atoms with E-state index in [1.54, 1.807) is 6.07 Å². The first-order valence-corrected chi connectivity index (χ1v) is 8.23. The number of hydrogen-bond acceptors (Lipinski definition) is 6. The number of nitrogens with one attached hydrogen (secondary N) is 1. The molecule has 6 nitrogen and oxygen atoms in total. The highest BCUT2D eigenvalue weighted by Gasteiger charge is 2.14. The second-order valence-corrected chi connectivity index (χ2v) is 5.86. The SMILES string of the molecule is COC(=O)c1cc(-c2ccc(NCC(O)CO)cc2)nc2ccccc12. The highest BCUT2D eigenvalue weighted by Crippen LogP contribution is 2.26. The van der Waals surface area contributed by atoms with Crippen molar-refractivity contribution in [1.82, 2.24) is 4.98 Å². The van der Waals surface area contributed by atoms with Crippen LogP contribution in [0.4, 0.5) is 5.69 Å². The number of nitrogens with zero attached hydrogens (tertiary/aromatic N) is 1. The topological polar surface area (TPSA) is 91.7 Å². The largest absolute Gasteiger partial charge is 0.465 e. The van der Waals surface area contributed by atoms with Gasteiger partial charge in [0.1, 0.15) is 0 Å². The number of hydrogen-bond donors (Lipinski definition) is 3.